The molecule has 4 nitrogen and oxygen atoms in total. The molecule has 0 radical (unpaired) electrons. The maximum absolute atomic E-state index is 6.26. The van der Waals surface area contributed by atoms with Crippen LogP contribution in [0.4, 0.5) is 0 Å². The first kappa shape index (κ1) is 22.1. The average Bonchev–Trinajstić information content (AvgIpc) is 3.22. The summed E-state index contributed by atoms with van der Waals surface area (Å²) >= 11 is 0. The van der Waals surface area contributed by atoms with Gasteiger partial charge in [0.1, 0.15) is 0 Å². The summed E-state index contributed by atoms with van der Waals surface area (Å²) in [5.41, 5.74) is 0.0246. The lowest BCUT2D eigenvalue weighted by Crippen LogP contribution is -2.31. The lowest BCUT2D eigenvalue weighted by molar-refractivity contribution is -0.0359. The Morgan fingerprint density at radius 3 is 2.38 bits per heavy atom. The number of unbranched alkanes of at least 4 members (excludes halogenated alkanes) is 1. The van der Waals surface area contributed by atoms with Crippen LogP contribution in [0.25, 0.3) is 0 Å². The molecule has 2 aliphatic heterocycles. The van der Waals surface area contributed by atoms with Crippen molar-refractivity contribution in [2.24, 2.45) is 5.92 Å². The minimum absolute atomic E-state index is 0.0246. The van der Waals surface area contributed by atoms with Crippen molar-refractivity contribution in [1.82, 2.24) is 9.80 Å². The Hall–Kier alpha value is -0.160. The van der Waals surface area contributed by atoms with Crippen LogP contribution in [0.1, 0.15) is 72.6 Å². The molecule has 2 aliphatic rings. The van der Waals surface area contributed by atoms with Crippen molar-refractivity contribution in [2.75, 3.05) is 52.5 Å². The summed E-state index contributed by atoms with van der Waals surface area (Å²) < 4.78 is 11.9. The van der Waals surface area contributed by atoms with Crippen molar-refractivity contribution in [2.45, 2.75) is 84.3 Å². The van der Waals surface area contributed by atoms with Gasteiger partial charge in [0.15, 0.2) is 0 Å². The van der Waals surface area contributed by atoms with Crippen LogP contribution in [-0.2, 0) is 9.47 Å². The number of hydrogen-bond donors (Lipinski definition) is 0. The Morgan fingerprint density at radius 2 is 1.65 bits per heavy atom. The molecule has 0 aliphatic carbocycles. The normalized spacial score (nSPS) is 22.7. The van der Waals surface area contributed by atoms with Gasteiger partial charge in [0.25, 0.3) is 0 Å². The number of hydrogen-bond acceptors (Lipinski definition) is 4. The van der Waals surface area contributed by atoms with Gasteiger partial charge in [-0.05, 0) is 105 Å². The van der Waals surface area contributed by atoms with E-state index < -0.39 is 0 Å². The predicted molar refractivity (Wildman–Crippen MR) is 110 cm³/mol. The second kappa shape index (κ2) is 11.6. The third-order valence-corrected chi connectivity index (χ3v) is 5.78. The Labute approximate surface area is 162 Å². The molecule has 2 saturated heterocycles. The highest BCUT2D eigenvalue weighted by molar-refractivity contribution is 4.82. The fraction of sp³-hybridized carbons (Fsp3) is 1.00. The average molecular weight is 369 g/mol. The maximum Gasteiger partial charge on any atom is 0.0629 e. The summed E-state index contributed by atoms with van der Waals surface area (Å²) in [4.78, 5) is 5.22. The van der Waals surface area contributed by atoms with Crippen LogP contribution in [0.5, 0.6) is 0 Å². The molecule has 154 valence electrons. The Balaban J connectivity index is 1.51. The summed E-state index contributed by atoms with van der Waals surface area (Å²) in [7, 11) is 0. The fourth-order valence-corrected chi connectivity index (χ4v) is 4.44. The molecule has 0 bridgehead atoms. The van der Waals surface area contributed by atoms with E-state index in [0.29, 0.717) is 6.10 Å². The highest BCUT2D eigenvalue weighted by Gasteiger charge is 2.29. The van der Waals surface area contributed by atoms with E-state index in [1.54, 1.807) is 0 Å². The van der Waals surface area contributed by atoms with Gasteiger partial charge in [-0.1, -0.05) is 0 Å². The van der Waals surface area contributed by atoms with E-state index in [-0.39, 0.29) is 5.60 Å². The van der Waals surface area contributed by atoms with Gasteiger partial charge in [-0.15, -0.1) is 0 Å². The van der Waals surface area contributed by atoms with Crippen LogP contribution in [0, 0.1) is 5.92 Å². The Kier molecular flexibility index (Phi) is 9.90. The molecular weight excluding hydrogens is 324 g/mol. The molecule has 1 unspecified atom stereocenters. The highest BCUT2D eigenvalue weighted by atomic mass is 16.5. The summed E-state index contributed by atoms with van der Waals surface area (Å²) in [5, 5.41) is 0. The smallest absolute Gasteiger partial charge is 0.0629 e. The highest BCUT2D eigenvalue weighted by Crippen LogP contribution is 2.28. The Morgan fingerprint density at radius 1 is 0.923 bits per heavy atom. The lowest BCUT2D eigenvalue weighted by atomic mass is 9.92. The van der Waals surface area contributed by atoms with Gasteiger partial charge >= 0.3 is 0 Å². The van der Waals surface area contributed by atoms with Gasteiger partial charge in [-0.2, -0.15) is 0 Å². The fourth-order valence-electron chi connectivity index (χ4n) is 4.44. The molecule has 2 fully saturated rings. The molecule has 0 spiro atoms. The zero-order valence-corrected chi connectivity index (χ0v) is 18.0. The molecule has 4 heteroatoms. The van der Waals surface area contributed by atoms with Crippen molar-refractivity contribution in [3.63, 3.8) is 0 Å². The van der Waals surface area contributed by atoms with E-state index in [2.05, 4.69) is 37.5 Å². The molecule has 0 aromatic heterocycles. The van der Waals surface area contributed by atoms with E-state index in [9.17, 15) is 0 Å². The Bertz CT molecular complexity index is 367. The first-order chi connectivity index (χ1) is 12.4. The minimum Gasteiger partial charge on any atom is -0.379 e. The molecular formula is C22H44N2O2. The quantitative estimate of drug-likeness (QED) is 0.455. The molecule has 0 amide bonds. The molecule has 2 rings (SSSR count). The predicted octanol–water partition coefficient (Wildman–Crippen LogP) is 4.18. The molecule has 1 atom stereocenters. The van der Waals surface area contributed by atoms with Crippen molar-refractivity contribution >= 4 is 0 Å². The standard InChI is InChI=1S/C22H44N2O2/c1-20(2)25-16-8-7-13-24-15-10-21(19-24)18-22(3,4)26-17-9-14-23-11-5-6-12-23/h20-21H,5-19H2,1-4H3. The first-order valence-electron chi connectivity index (χ1n) is 11.1. The van der Waals surface area contributed by atoms with Crippen LogP contribution in [0.3, 0.4) is 0 Å². The minimum atomic E-state index is 0.0246. The second-order valence-corrected chi connectivity index (χ2v) is 9.30. The van der Waals surface area contributed by atoms with E-state index >= 15 is 0 Å². The lowest BCUT2D eigenvalue weighted by Gasteiger charge is -2.29. The topological polar surface area (TPSA) is 24.9 Å². The van der Waals surface area contributed by atoms with Crippen molar-refractivity contribution in [3.8, 4) is 0 Å². The second-order valence-electron chi connectivity index (χ2n) is 9.30. The van der Waals surface area contributed by atoms with Gasteiger partial charge in [0.05, 0.1) is 11.7 Å². The number of nitrogens with zero attached hydrogens (tertiary/aromatic N) is 2. The molecule has 0 saturated carbocycles. The van der Waals surface area contributed by atoms with Gasteiger partial charge < -0.3 is 19.3 Å². The summed E-state index contributed by atoms with van der Waals surface area (Å²) in [6, 6.07) is 0. The van der Waals surface area contributed by atoms with Crippen LogP contribution < -0.4 is 0 Å². The van der Waals surface area contributed by atoms with Crippen molar-refractivity contribution in [1.29, 1.82) is 0 Å². The zero-order chi connectivity index (χ0) is 18.8. The summed E-state index contributed by atoms with van der Waals surface area (Å²) in [6.07, 6.45) is 9.29. The van der Waals surface area contributed by atoms with Gasteiger partial charge in [-0.3, -0.25) is 0 Å². The van der Waals surface area contributed by atoms with Crippen molar-refractivity contribution < 1.29 is 9.47 Å². The van der Waals surface area contributed by atoms with Crippen LogP contribution in [0.2, 0.25) is 0 Å². The number of rotatable bonds is 13. The maximum atomic E-state index is 6.26. The van der Waals surface area contributed by atoms with Crippen molar-refractivity contribution in [3.05, 3.63) is 0 Å². The largest absolute Gasteiger partial charge is 0.379 e. The SMILES string of the molecule is CC(C)OCCCCN1CCC(CC(C)(C)OCCCN2CCCC2)C1. The number of likely N-dealkylation sites (tertiary alicyclic amines) is 2. The molecule has 0 aromatic rings. The number of ether oxygens (including phenoxy) is 2. The van der Waals surface area contributed by atoms with Gasteiger partial charge in [-0.25, -0.2) is 0 Å². The van der Waals surface area contributed by atoms with E-state index in [4.69, 9.17) is 9.47 Å². The first-order valence-corrected chi connectivity index (χ1v) is 11.1. The molecule has 26 heavy (non-hydrogen) atoms. The van der Waals surface area contributed by atoms with E-state index in [1.165, 1.54) is 84.2 Å². The van der Waals surface area contributed by atoms with Gasteiger partial charge in [0, 0.05) is 26.3 Å². The zero-order valence-electron chi connectivity index (χ0n) is 18.0. The van der Waals surface area contributed by atoms with Gasteiger partial charge in [0.2, 0.25) is 0 Å². The van der Waals surface area contributed by atoms with E-state index in [0.717, 1.165) is 19.1 Å². The third kappa shape index (κ3) is 9.16. The summed E-state index contributed by atoms with van der Waals surface area (Å²) in [5.74, 6) is 0.801. The monoisotopic (exact) mass is 368 g/mol. The third-order valence-electron chi connectivity index (χ3n) is 5.78. The summed E-state index contributed by atoms with van der Waals surface area (Å²) in [6.45, 7) is 18.2. The van der Waals surface area contributed by atoms with Crippen LogP contribution in [-0.4, -0.2) is 74.0 Å². The molecule has 0 N–H and O–H groups in total. The van der Waals surface area contributed by atoms with E-state index in [1.807, 2.05) is 0 Å². The van der Waals surface area contributed by atoms with Crippen LogP contribution >= 0.6 is 0 Å². The van der Waals surface area contributed by atoms with Crippen LogP contribution in [0.15, 0.2) is 0 Å². The molecule has 2 heterocycles. The molecule has 0 aromatic carbocycles.